The van der Waals surface area contributed by atoms with Crippen molar-refractivity contribution in [2.45, 2.75) is 31.3 Å². The minimum Gasteiger partial charge on any atom is -0.328 e. The first-order valence-electron chi connectivity index (χ1n) is 8.66. The minimum atomic E-state index is -0.553. The van der Waals surface area contributed by atoms with Crippen molar-refractivity contribution in [3.8, 4) is 0 Å². The van der Waals surface area contributed by atoms with Gasteiger partial charge in [0.05, 0.1) is 11.6 Å². The Labute approximate surface area is 158 Å². The monoisotopic (exact) mass is 372 g/mol. The average Bonchev–Trinajstić information content (AvgIpc) is 2.63. The fourth-order valence-corrected chi connectivity index (χ4v) is 3.67. The first-order valence-corrected chi connectivity index (χ1v) is 9.04. The average molecular weight is 373 g/mol. The van der Waals surface area contributed by atoms with Gasteiger partial charge in [0.25, 0.3) is 0 Å². The summed E-state index contributed by atoms with van der Waals surface area (Å²) in [5.41, 5.74) is 1.37. The molecule has 1 aliphatic rings. The lowest BCUT2D eigenvalue weighted by molar-refractivity contribution is 0.126. The van der Waals surface area contributed by atoms with Crippen LogP contribution < -0.4 is 5.32 Å². The van der Waals surface area contributed by atoms with E-state index in [1.807, 2.05) is 36.1 Å². The molecule has 0 aliphatic carbocycles. The first kappa shape index (κ1) is 18.5. The van der Waals surface area contributed by atoms with Gasteiger partial charge in [-0.3, -0.25) is 0 Å². The van der Waals surface area contributed by atoms with Gasteiger partial charge in [-0.2, -0.15) is 0 Å². The number of nitrogens with one attached hydrogen (secondary N) is 1. The first-order chi connectivity index (χ1) is 12.4. The van der Waals surface area contributed by atoms with Crippen molar-refractivity contribution in [1.29, 1.82) is 0 Å². The van der Waals surface area contributed by atoms with Crippen molar-refractivity contribution in [3.63, 3.8) is 0 Å². The van der Waals surface area contributed by atoms with Gasteiger partial charge >= 0.3 is 6.03 Å². The summed E-state index contributed by atoms with van der Waals surface area (Å²) in [5, 5.41) is 3.82. The Bertz CT molecular complexity index is 791. The van der Waals surface area contributed by atoms with E-state index in [-0.39, 0.29) is 17.9 Å². The number of benzene rings is 2. The molecular formula is C21H22ClFN2O. The number of hydrogen-bond acceptors (Lipinski definition) is 1. The van der Waals surface area contributed by atoms with E-state index in [1.54, 1.807) is 18.2 Å². The molecule has 3 rings (SSSR count). The van der Waals surface area contributed by atoms with Gasteiger partial charge in [-0.05, 0) is 55.2 Å². The fourth-order valence-electron chi connectivity index (χ4n) is 3.55. The third kappa shape index (κ3) is 3.61. The number of urea groups is 1. The predicted octanol–water partition coefficient (Wildman–Crippen LogP) is 5.43. The Hall–Kier alpha value is -2.33. The second-order valence-corrected chi connectivity index (χ2v) is 7.12. The molecule has 26 heavy (non-hydrogen) atoms. The van der Waals surface area contributed by atoms with Gasteiger partial charge in [0.2, 0.25) is 0 Å². The summed E-state index contributed by atoms with van der Waals surface area (Å²) < 4.78 is 13.3. The number of carbonyl (C=O) groups is 1. The Kier molecular flexibility index (Phi) is 5.33. The lowest BCUT2D eigenvalue weighted by Crippen LogP contribution is -2.58. The third-order valence-electron chi connectivity index (χ3n) is 5.10. The molecule has 1 heterocycles. The molecular weight excluding hydrogens is 351 g/mol. The second kappa shape index (κ2) is 7.50. The van der Waals surface area contributed by atoms with Crippen LogP contribution in [0.2, 0.25) is 5.02 Å². The van der Waals surface area contributed by atoms with Crippen LogP contribution in [-0.2, 0) is 5.54 Å². The van der Waals surface area contributed by atoms with E-state index in [0.717, 1.165) is 11.1 Å². The molecule has 2 aromatic carbocycles. The molecule has 0 saturated carbocycles. The standard InChI is InChI=1S/C21H22ClFN2O/c1-3-12-21(17-6-10-19(23)11-7-17)13-14-25(20(26)24-21)15(2)16-4-8-18(22)9-5-16/h3-11,15H,1,12-14H2,2H3,(H,24,26)/t15-,21?/m0/s1. The topological polar surface area (TPSA) is 32.3 Å². The summed E-state index contributed by atoms with van der Waals surface area (Å²) >= 11 is 5.95. The number of hydrogen-bond donors (Lipinski definition) is 1. The van der Waals surface area contributed by atoms with Gasteiger partial charge in [0, 0.05) is 11.6 Å². The van der Waals surface area contributed by atoms with Crippen LogP contribution in [0, 0.1) is 5.82 Å². The van der Waals surface area contributed by atoms with E-state index in [1.165, 1.54) is 12.1 Å². The van der Waals surface area contributed by atoms with E-state index in [9.17, 15) is 9.18 Å². The summed E-state index contributed by atoms with van der Waals surface area (Å²) in [6, 6.07) is 13.6. The van der Waals surface area contributed by atoms with Crippen LogP contribution in [0.15, 0.2) is 61.2 Å². The summed E-state index contributed by atoms with van der Waals surface area (Å²) in [7, 11) is 0. The number of carbonyl (C=O) groups excluding carboxylic acids is 1. The highest BCUT2D eigenvalue weighted by Crippen LogP contribution is 2.35. The van der Waals surface area contributed by atoms with Crippen LogP contribution in [0.5, 0.6) is 0 Å². The molecule has 5 heteroatoms. The molecule has 3 nitrogen and oxygen atoms in total. The van der Waals surface area contributed by atoms with E-state index in [4.69, 9.17) is 11.6 Å². The molecule has 0 bridgehead atoms. The Morgan fingerprint density at radius 2 is 1.92 bits per heavy atom. The van der Waals surface area contributed by atoms with Crippen molar-refractivity contribution in [1.82, 2.24) is 10.2 Å². The molecule has 2 atom stereocenters. The molecule has 1 unspecified atom stereocenters. The molecule has 0 spiro atoms. The highest BCUT2D eigenvalue weighted by Gasteiger charge is 2.40. The van der Waals surface area contributed by atoms with Crippen molar-refractivity contribution < 1.29 is 9.18 Å². The van der Waals surface area contributed by atoms with Gasteiger partial charge in [0.1, 0.15) is 5.82 Å². The van der Waals surface area contributed by atoms with Crippen LogP contribution in [0.25, 0.3) is 0 Å². The van der Waals surface area contributed by atoms with Crippen LogP contribution in [0.1, 0.15) is 36.9 Å². The van der Waals surface area contributed by atoms with Gasteiger partial charge in [0.15, 0.2) is 0 Å². The van der Waals surface area contributed by atoms with Gasteiger partial charge in [-0.1, -0.05) is 41.9 Å². The van der Waals surface area contributed by atoms with Crippen LogP contribution in [0.4, 0.5) is 9.18 Å². The maximum Gasteiger partial charge on any atom is 0.318 e. The minimum absolute atomic E-state index is 0.0674. The molecule has 0 radical (unpaired) electrons. The van der Waals surface area contributed by atoms with Gasteiger partial charge in [-0.15, -0.1) is 6.58 Å². The highest BCUT2D eigenvalue weighted by molar-refractivity contribution is 6.30. The van der Waals surface area contributed by atoms with E-state index in [0.29, 0.717) is 24.4 Å². The Morgan fingerprint density at radius 1 is 1.27 bits per heavy atom. The summed E-state index contributed by atoms with van der Waals surface area (Å²) in [5.74, 6) is -0.289. The van der Waals surface area contributed by atoms with Crippen LogP contribution >= 0.6 is 11.6 Å². The van der Waals surface area contributed by atoms with E-state index >= 15 is 0 Å². The molecule has 1 saturated heterocycles. The third-order valence-corrected chi connectivity index (χ3v) is 5.35. The van der Waals surface area contributed by atoms with Gasteiger partial charge in [-0.25, -0.2) is 9.18 Å². The van der Waals surface area contributed by atoms with Crippen molar-refractivity contribution in [2.75, 3.05) is 6.54 Å². The zero-order valence-electron chi connectivity index (χ0n) is 14.7. The van der Waals surface area contributed by atoms with E-state index in [2.05, 4.69) is 11.9 Å². The quantitative estimate of drug-likeness (QED) is 0.697. The maximum absolute atomic E-state index is 13.3. The summed E-state index contributed by atoms with van der Waals surface area (Å²) in [4.78, 5) is 14.7. The number of rotatable bonds is 5. The van der Waals surface area contributed by atoms with Gasteiger partial charge < -0.3 is 10.2 Å². The number of amides is 2. The molecule has 1 N–H and O–H groups in total. The summed E-state index contributed by atoms with van der Waals surface area (Å²) in [6.07, 6.45) is 3.10. The Morgan fingerprint density at radius 3 is 2.50 bits per heavy atom. The number of halogens is 2. The van der Waals surface area contributed by atoms with E-state index < -0.39 is 5.54 Å². The molecule has 0 aromatic heterocycles. The molecule has 2 aromatic rings. The maximum atomic E-state index is 13.3. The SMILES string of the molecule is C=CCC1(c2ccc(F)cc2)CCN([C@@H](C)c2ccc(Cl)cc2)C(=O)N1. The zero-order valence-corrected chi connectivity index (χ0v) is 15.5. The lowest BCUT2D eigenvalue weighted by Gasteiger charge is -2.44. The Balaban J connectivity index is 1.83. The lowest BCUT2D eigenvalue weighted by atomic mass is 9.81. The summed E-state index contributed by atoms with van der Waals surface area (Å²) in [6.45, 7) is 6.43. The molecule has 136 valence electrons. The normalized spacial score (nSPS) is 21.2. The fraction of sp³-hybridized carbons (Fsp3) is 0.286. The highest BCUT2D eigenvalue weighted by atomic mass is 35.5. The number of nitrogens with zero attached hydrogens (tertiary/aromatic N) is 1. The molecule has 1 aliphatic heterocycles. The molecule has 2 amide bonds. The smallest absolute Gasteiger partial charge is 0.318 e. The predicted molar refractivity (Wildman–Crippen MR) is 103 cm³/mol. The van der Waals surface area contributed by atoms with Crippen LogP contribution in [0.3, 0.4) is 0 Å². The largest absolute Gasteiger partial charge is 0.328 e. The van der Waals surface area contributed by atoms with Crippen LogP contribution in [-0.4, -0.2) is 17.5 Å². The van der Waals surface area contributed by atoms with Crippen molar-refractivity contribution >= 4 is 17.6 Å². The zero-order chi connectivity index (χ0) is 18.7. The van der Waals surface area contributed by atoms with Crippen molar-refractivity contribution in [2.24, 2.45) is 0 Å². The molecule has 1 fully saturated rings. The van der Waals surface area contributed by atoms with Crippen molar-refractivity contribution in [3.05, 3.63) is 83.2 Å². The second-order valence-electron chi connectivity index (χ2n) is 6.68.